The average molecular weight is 288 g/mol. The van der Waals surface area contributed by atoms with E-state index in [2.05, 4.69) is 12.2 Å². The van der Waals surface area contributed by atoms with Crippen molar-refractivity contribution < 1.29 is 9.59 Å². The van der Waals surface area contributed by atoms with Crippen molar-refractivity contribution in [1.82, 2.24) is 10.2 Å². The third-order valence-electron chi connectivity index (χ3n) is 3.92. The van der Waals surface area contributed by atoms with Crippen LogP contribution < -0.4 is 5.32 Å². The fourth-order valence-corrected chi connectivity index (χ4v) is 2.76. The minimum Gasteiger partial charge on any atom is -0.308 e. The topological polar surface area (TPSA) is 49.4 Å². The molecule has 1 N–H and O–H groups in total. The summed E-state index contributed by atoms with van der Waals surface area (Å²) in [4.78, 5) is 25.6. The van der Waals surface area contributed by atoms with Crippen LogP contribution >= 0.6 is 0 Å². The van der Waals surface area contributed by atoms with Crippen LogP contribution in [0.15, 0.2) is 30.3 Å². The molecule has 4 heteroatoms. The zero-order chi connectivity index (χ0) is 15.1. The first-order chi connectivity index (χ1) is 10.2. The zero-order valence-corrected chi connectivity index (χ0v) is 12.7. The lowest BCUT2D eigenvalue weighted by molar-refractivity contribution is -0.121. The number of carbonyl (C=O) groups excluding carboxylic acids is 2. The van der Waals surface area contributed by atoms with Crippen LogP contribution in [0.2, 0.25) is 0 Å². The van der Waals surface area contributed by atoms with Crippen molar-refractivity contribution in [1.29, 1.82) is 0 Å². The van der Waals surface area contributed by atoms with Gasteiger partial charge >= 0.3 is 6.03 Å². The van der Waals surface area contributed by atoms with Crippen LogP contribution in [0, 0.1) is 0 Å². The molecule has 1 unspecified atom stereocenters. The molecule has 1 aromatic carbocycles. The van der Waals surface area contributed by atoms with Crippen LogP contribution in [-0.2, 0) is 4.79 Å². The maximum absolute atomic E-state index is 12.0. The third kappa shape index (κ3) is 4.06. The first-order valence-corrected chi connectivity index (χ1v) is 7.90. The highest BCUT2D eigenvalue weighted by Gasteiger charge is 2.38. The summed E-state index contributed by atoms with van der Waals surface area (Å²) in [5.74, 6) is -0.211. The second kappa shape index (κ2) is 7.81. The minimum atomic E-state index is -0.464. The number of carbonyl (C=O) groups is 2. The van der Waals surface area contributed by atoms with Crippen molar-refractivity contribution in [3.8, 4) is 0 Å². The third-order valence-corrected chi connectivity index (χ3v) is 3.92. The molecular weight excluding hydrogens is 264 g/mol. The molecule has 0 bridgehead atoms. The molecule has 1 aliphatic heterocycles. The summed E-state index contributed by atoms with van der Waals surface area (Å²) < 4.78 is 0. The van der Waals surface area contributed by atoms with Gasteiger partial charge in [0.25, 0.3) is 5.91 Å². The van der Waals surface area contributed by atoms with Crippen LogP contribution in [0.25, 0.3) is 0 Å². The number of nitrogens with one attached hydrogen (secondary N) is 1. The fraction of sp³-hybridized carbons (Fsp3) is 0.529. The van der Waals surface area contributed by atoms with E-state index in [0.717, 1.165) is 18.4 Å². The number of unbranched alkanes of at least 4 members (excludes halogenated alkanes) is 5. The molecule has 114 valence electrons. The molecule has 4 nitrogen and oxygen atoms in total. The predicted molar refractivity (Wildman–Crippen MR) is 82.8 cm³/mol. The molecule has 0 aromatic heterocycles. The Labute approximate surface area is 126 Å². The van der Waals surface area contributed by atoms with Gasteiger partial charge in [-0.1, -0.05) is 69.4 Å². The highest BCUT2D eigenvalue weighted by atomic mass is 16.2. The smallest absolute Gasteiger partial charge is 0.308 e. The Morgan fingerprint density at radius 2 is 1.67 bits per heavy atom. The van der Waals surface area contributed by atoms with E-state index >= 15 is 0 Å². The molecule has 0 spiro atoms. The van der Waals surface area contributed by atoms with Crippen LogP contribution in [0.4, 0.5) is 4.79 Å². The lowest BCUT2D eigenvalue weighted by atomic mass is 10.1. The quantitative estimate of drug-likeness (QED) is 0.586. The van der Waals surface area contributed by atoms with Crippen molar-refractivity contribution in [2.24, 2.45) is 0 Å². The average Bonchev–Trinajstić information content (AvgIpc) is 2.78. The molecule has 0 aliphatic carbocycles. The van der Waals surface area contributed by atoms with Crippen molar-refractivity contribution in [3.63, 3.8) is 0 Å². The monoisotopic (exact) mass is 288 g/mol. The summed E-state index contributed by atoms with van der Waals surface area (Å²) in [6, 6.07) is 8.78. The maximum atomic E-state index is 12.0. The van der Waals surface area contributed by atoms with Crippen molar-refractivity contribution in [3.05, 3.63) is 35.9 Å². The van der Waals surface area contributed by atoms with E-state index in [9.17, 15) is 9.59 Å². The Balaban J connectivity index is 1.90. The molecule has 3 amide bonds. The molecule has 0 saturated carbocycles. The Morgan fingerprint density at radius 3 is 2.38 bits per heavy atom. The number of imide groups is 1. The number of hydrogen-bond donors (Lipinski definition) is 1. The largest absolute Gasteiger partial charge is 0.325 e. The SMILES string of the molecule is CCCCCCCCN1C(=O)NC(=O)C1c1ccccc1. The summed E-state index contributed by atoms with van der Waals surface area (Å²) >= 11 is 0. The number of amides is 3. The Morgan fingerprint density at radius 1 is 1.00 bits per heavy atom. The van der Waals surface area contributed by atoms with E-state index in [-0.39, 0.29) is 11.9 Å². The Bertz CT molecular complexity index is 473. The zero-order valence-electron chi connectivity index (χ0n) is 12.7. The summed E-state index contributed by atoms with van der Waals surface area (Å²) in [7, 11) is 0. The van der Waals surface area contributed by atoms with Crippen molar-refractivity contribution in [2.45, 2.75) is 51.5 Å². The van der Waals surface area contributed by atoms with Crippen LogP contribution in [-0.4, -0.2) is 23.4 Å². The van der Waals surface area contributed by atoms with E-state index in [1.165, 1.54) is 25.7 Å². The van der Waals surface area contributed by atoms with Gasteiger partial charge in [0, 0.05) is 6.54 Å². The first kappa shape index (κ1) is 15.5. The summed E-state index contributed by atoms with van der Waals surface area (Å²) in [5, 5.41) is 2.42. The molecule has 1 aliphatic rings. The molecule has 1 atom stereocenters. The maximum Gasteiger partial charge on any atom is 0.325 e. The lowest BCUT2D eigenvalue weighted by Crippen LogP contribution is -2.30. The van der Waals surface area contributed by atoms with E-state index in [1.54, 1.807) is 4.90 Å². The molecule has 1 heterocycles. The highest BCUT2D eigenvalue weighted by Crippen LogP contribution is 2.26. The Kier molecular flexibility index (Phi) is 5.78. The fourth-order valence-electron chi connectivity index (χ4n) is 2.76. The van der Waals surface area contributed by atoms with Gasteiger partial charge < -0.3 is 4.90 Å². The molecular formula is C17H24N2O2. The summed E-state index contributed by atoms with van der Waals surface area (Å²) in [6.45, 7) is 2.84. The number of hydrogen-bond acceptors (Lipinski definition) is 2. The van der Waals surface area contributed by atoms with Crippen molar-refractivity contribution in [2.75, 3.05) is 6.54 Å². The number of nitrogens with zero attached hydrogens (tertiary/aromatic N) is 1. The molecule has 0 radical (unpaired) electrons. The molecule has 2 rings (SSSR count). The van der Waals surface area contributed by atoms with Gasteiger partial charge in [0.05, 0.1) is 0 Å². The number of urea groups is 1. The van der Waals surface area contributed by atoms with Gasteiger partial charge in [-0.2, -0.15) is 0 Å². The lowest BCUT2D eigenvalue weighted by Gasteiger charge is -2.21. The van der Waals surface area contributed by atoms with Crippen LogP contribution in [0.3, 0.4) is 0 Å². The van der Waals surface area contributed by atoms with Gasteiger partial charge in [0.1, 0.15) is 6.04 Å². The molecule has 1 saturated heterocycles. The van der Waals surface area contributed by atoms with Gasteiger partial charge in [0.15, 0.2) is 0 Å². The number of rotatable bonds is 8. The second-order valence-electron chi connectivity index (χ2n) is 5.57. The van der Waals surface area contributed by atoms with Gasteiger partial charge in [0.2, 0.25) is 0 Å². The van der Waals surface area contributed by atoms with E-state index in [0.29, 0.717) is 6.54 Å². The van der Waals surface area contributed by atoms with Crippen molar-refractivity contribution >= 4 is 11.9 Å². The standard InChI is InChI=1S/C17H24N2O2/c1-2-3-4-5-6-10-13-19-15(16(20)18-17(19)21)14-11-8-7-9-12-14/h7-9,11-12,15H,2-6,10,13H2,1H3,(H,18,20,21). The molecule has 1 aromatic rings. The Hall–Kier alpha value is -1.84. The van der Waals surface area contributed by atoms with Crippen LogP contribution in [0.1, 0.15) is 57.1 Å². The van der Waals surface area contributed by atoms with Crippen LogP contribution in [0.5, 0.6) is 0 Å². The van der Waals surface area contributed by atoms with Gasteiger partial charge in [-0.25, -0.2) is 4.79 Å². The van der Waals surface area contributed by atoms with Gasteiger partial charge in [-0.3, -0.25) is 10.1 Å². The summed E-state index contributed by atoms with van der Waals surface area (Å²) in [6.07, 6.45) is 7.03. The van der Waals surface area contributed by atoms with E-state index in [1.807, 2.05) is 30.3 Å². The number of benzene rings is 1. The van der Waals surface area contributed by atoms with E-state index < -0.39 is 6.04 Å². The predicted octanol–water partition coefficient (Wildman–Crippen LogP) is 3.64. The molecule has 1 fully saturated rings. The normalized spacial score (nSPS) is 18.1. The van der Waals surface area contributed by atoms with Gasteiger partial charge in [-0.05, 0) is 12.0 Å². The van der Waals surface area contributed by atoms with E-state index in [4.69, 9.17) is 0 Å². The minimum absolute atomic E-state index is 0.211. The summed E-state index contributed by atoms with van der Waals surface area (Å²) in [5.41, 5.74) is 0.881. The first-order valence-electron chi connectivity index (χ1n) is 7.90. The molecule has 21 heavy (non-hydrogen) atoms. The second-order valence-corrected chi connectivity index (χ2v) is 5.57. The highest BCUT2D eigenvalue weighted by molar-refractivity contribution is 6.04. The van der Waals surface area contributed by atoms with Gasteiger partial charge in [-0.15, -0.1) is 0 Å².